The lowest BCUT2D eigenvalue weighted by molar-refractivity contribution is 0.0546. The molecule has 1 aromatic heterocycles. The smallest absolute Gasteiger partial charge is 0.253 e. The fourth-order valence-electron chi connectivity index (χ4n) is 4.59. The number of aromatic amines is 1. The molecule has 0 unspecified atom stereocenters. The van der Waals surface area contributed by atoms with Gasteiger partial charge in [0.25, 0.3) is 11.8 Å². The third-order valence-corrected chi connectivity index (χ3v) is 6.46. The Morgan fingerprint density at radius 2 is 1.82 bits per heavy atom. The lowest BCUT2D eigenvalue weighted by Gasteiger charge is -2.29. The number of benzene rings is 3. The molecule has 2 amide bonds. The fraction of sp³-hybridized carbons (Fsp3) is 0.231. The second kappa shape index (κ2) is 8.46. The molecule has 0 bridgehead atoms. The number of primary amides is 1. The number of nitrogens with zero attached hydrogens (tertiary/aromatic N) is 1. The molecule has 7 nitrogen and oxygen atoms in total. The number of aromatic nitrogens is 1. The molecule has 174 valence electrons. The van der Waals surface area contributed by atoms with E-state index in [0.29, 0.717) is 53.5 Å². The van der Waals surface area contributed by atoms with Crippen LogP contribution in [0.25, 0.3) is 32.9 Å². The lowest BCUT2D eigenvalue weighted by atomic mass is 9.98. The van der Waals surface area contributed by atoms with Crippen molar-refractivity contribution in [3.8, 4) is 16.9 Å². The number of nitrogens with two attached hydrogens (primary N) is 1. The van der Waals surface area contributed by atoms with Crippen LogP contribution in [0.5, 0.6) is 5.75 Å². The van der Waals surface area contributed by atoms with Crippen LogP contribution in [0.4, 0.5) is 4.39 Å². The molecule has 0 atom stereocenters. The van der Waals surface area contributed by atoms with Gasteiger partial charge in [-0.2, -0.15) is 0 Å². The summed E-state index contributed by atoms with van der Waals surface area (Å²) in [5.74, 6) is -1.11. The summed E-state index contributed by atoms with van der Waals surface area (Å²) in [5, 5.41) is 11.2. The number of fused-ring (bicyclic) bond motifs is 3. The molecule has 34 heavy (non-hydrogen) atoms. The van der Waals surface area contributed by atoms with Crippen LogP contribution in [0.3, 0.4) is 0 Å². The maximum absolute atomic E-state index is 14.4. The average Bonchev–Trinajstić information content (AvgIpc) is 3.21. The molecule has 0 spiro atoms. The topological polar surface area (TPSA) is 109 Å². The fourth-order valence-corrected chi connectivity index (χ4v) is 4.59. The van der Waals surface area contributed by atoms with Crippen molar-refractivity contribution in [3.05, 3.63) is 65.5 Å². The first kappa shape index (κ1) is 21.9. The van der Waals surface area contributed by atoms with E-state index < -0.39 is 11.7 Å². The molecule has 5 rings (SSSR count). The maximum Gasteiger partial charge on any atom is 0.253 e. The number of hydrogen-bond acceptors (Lipinski definition) is 4. The van der Waals surface area contributed by atoms with Crippen LogP contribution in [0, 0.1) is 5.82 Å². The molecule has 0 radical (unpaired) electrons. The van der Waals surface area contributed by atoms with Crippen LogP contribution >= 0.6 is 0 Å². The third kappa shape index (κ3) is 3.76. The van der Waals surface area contributed by atoms with E-state index in [1.807, 2.05) is 6.07 Å². The average molecular weight is 461 g/mol. The summed E-state index contributed by atoms with van der Waals surface area (Å²) in [6.07, 6.45) is 0.754. The Hall–Kier alpha value is -3.91. The normalized spacial score (nSPS) is 14.6. The number of likely N-dealkylation sites (tertiary alicyclic amines) is 1. The summed E-state index contributed by atoms with van der Waals surface area (Å²) in [7, 11) is 1.40. The first-order chi connectivity index (χ1) is 16.4. The number of nitrogens with one attached hydrogen (secondary N) is 1. The molecular formula is C26H24FN3O4. The molecule has 1 fully saturated rings. The molecule has 1 aliphatic rings. The highest BCUT2D eigenvalue weighted by atomic mass is 19.1. The van der Waals surface area contributed by atoms with Crippen molar-refractivity contribution >= 4 is 33.6 Å². The van der Waals surface area contributed by atoms with Gasteiger partial charge in [-0.15, -0.1) is 0 Å². The minimum Gasteiger partial charge on any atom is -0.494 e. The van der Waals surface area contributed by atoms with Crippen LogP contribution in [0.2, 0.25) is 0 Å². The second-order valence-corrected chi connectivity index (χ2v) is 8.57. The Bertz CT molecular complexity index is 1440. The minimum absolute atomic E-state index is 0.105. The number of piperidine rings is 1. The number of methoxy groups -OCH3 is 1. The van der Waals surface area contributed by atoms with E-state index in [9.17, 15) is 19.1 Å². The van der Waals surface area contributed by atoms with Gasteiger partial charge in [0, 0.05) is 34.9 Å². The number of halogens is 1. The number of H-pyrrole nitrogens is 1. The molecule has 2 heterocycles. The van der Waals surface area contributed by atoms with Crippen LogP contribution in [-0.4, -0.2) is 53.1 Å². The Balaban J connectivity index is 1.64. The molecule has 0 saturated carbocycles. The number of carbonyl (C=O) groups is 2. The van der Waals surface area contributed by atoms with Crippen molar-refractivity contribution in [1.29, 1.82) is 0 Å². The van der Waals surface area contributed by atoms with Gasteiger partial charge in [0.2, 0.25) is 0 Å². The van der Waals surface area contributed by atoms with Crippen molar-refractivity contribution in [1.82, 2.24) is 9.88 Å². The molecular weight excluding hydrogens is 437 g/mol. The van der Waals surface area contributed by atoms with Gasteiger partial charge < -0.3 is 25.5 Å². The zero-order valence-electron chi connectivity index (χ0n) is 18.6. The van der Waals surface area contributed by atoms with E-state index in [4.69, 9.17) is 10.5 Å². The van der Waals surface area contributed by atoms with Gasteiger partial charge in [-0.3, -0.25) is 9.59 Å². The van der Waals surface area contributed by atoms with Crippen molar-refractivity contribution in [2.75, 3.05) is 20.2 Å². The van der Waals surface area contributed by atoms with E-state index in [-0.39, 0.29) is 23.3 Å². The number of ether oxygens (including phenoxy) is 1. The summed E-state index contributed by atoms with van der Waals surface area (Å²) >= 11 is 0. The van der Waals surface area contributed by atoms with Gasteiger partial charge in [0.15, 0.2) is 11.6 Å². The lowest BCUT2D eigenvalue weighted by Crippen LogP contribution is -2.40. The monoisotopic (exact) mass is 461 g/mol. The summed E-state index contributed by atoms with van der Waals surface area (Å²) in [6, 6.07) is 13.4. The Morgan fingerprint density at radius 3 is 2.50 bits per heavy atom. The minimum atomic E-state index is -0.615. The highest BCUT2D eigenvalue weighted by molar-refractivity contribution is 6.17. The van der Waals surface area contributed by atoms with Crippen molar-refractivity contribution in [2.45, 2.75) is 18.9 Å². The summed E-state index contributed by atoms with van der Waals surface area (Å²) in [6.45, 7) is 1.01. The summed E-state index contributed by atoms with van der Waals surface area (Å²) in [5.41, 5.74) is 8.97. The van der Waals surface area contributed by atoms with Crippen molar-refractivity contribution in [2.24, 2.45) is 5.73 Å². The molecule has 4 aromatic rings. The van der Waals surface area contributed by atoms with E-state index >= 15 is 0 Å². The number of rotatable bonds is 4. The number of aliphatic hydroxyl groups is 1. The molecule has 1 aliphatic heterocycles. The van der Waals surface area contributed by atoms with E-state index in [1.54, 1.807) is 35.2 Å². The van der Waals surface area contributed by atoms with E-state index in [0.717, 1.165) is 10.9 Å². The Kier molecular flexibility index (Phi) is 5.45. The second-order valence-electron chi connectivity index (χ2n) is 8.57. The molecule has 3 aromatic carbocycles. The molecule has 8 heteroatoms. The molecule has 0 aliphatic carbocycles. The first-order valence-corrected chi connectivity index (χ1v) is 11.1. The van der Waals surface area contributed by atoms with Gasteiger partial charge in [0.05, 0.1) is 24.3 Å². The maximum atomic E-state index is 14.4. The predicted molar refractivity (Wildman–Crippen MR) is 127 cm³/mol. The number of aliphatic hydroxyl groups excluding tert-OH is 1. The third-order valence-electron chi connectivity index (χ3n) is 6.46. The van der Waals surface area contributed by atoms with E-state index in [1.165, 1.54) is 19.2 Å². The number of hydrogen-bond donors (Lipinski definition) is 3. The highest BCUT2D eigenvalue weighted by Gasteiger charge is 2.23. The van der Waals surface area contributed by atoms with Crippen LogP contribution < -0.4 is 10.5 Å². The van der Waals surface area contributed by atoms with Gasteiger partial charge >= 0.3 is 0 Å². The zero-order valence-corrected chi connectivity index (χ0v) is 18.6. The Labute approximate surface area is 194 Å². The largest absolute Gasteiger partial charge is 0.494 e. The van der Waals surface area contributed by atoms with Crippen LogP contribution in [-0.2, 0) is 0 Å². The van der Waals surface area contributed by atoms with Gasteiger partial charge in [-0.05, 0) is 66.4 Å². The van der Waals surface area contributed by atoms with Crippen molar-refractivity contribution < 1.29 is 23.8 Å². The Morgan fingerprint density at radius 1 is 1.06 bits per heavy atom. The summed E-state index contributed by atoms with van der Waals surface area (Å²) < 4.78 is 19.4. The van der Waals surface area contributed by atoms with Gasteiger partial charge in [-0.25, -0.2) is 4.39 Å². The first-order valence-electron chi connectivity index (χ1n) is 11.1. The van der Waals surface area contributed by atoms with Gasteiger partial charge in [0.1, 0.15) is 0 Å². The highest BCUT2D eigenvalue weighted by Crippen LogP contribution is 2.34. The van der Waals surface area contributed by atoms with Gasteiger partial charge in [-0.1, -0.05) is 6.07 Å². The van der Waals surface area contributed by atoms with Crippen LogP contribution in [0.1, 0.15) is 33.6 Å². The number of carbonyl (C=O) groups excluding carboxylic acids is 2. The standard InChI is InChI=1S/C26H24FN3O4/c1-34-23-5-3-14(13-21(23)27)16-11-19-18-10-15(26(33)30-8-6-17(31)7-9-30)2-4-22(18)29-24(19)20(12-16)25(28)32/h2-5,10-13,17,29,31H,6-9H2,1H3,(H2,28,32). The quantitative estimate of drug-likeness (QED) is 0.429. The number of amides is 2. The summed E-state index contributed by atoms with van der Waals surface area (Å²) in [4.78, 5) is 30.3. The van der Waals surface area contributed by atoms with Crippen LogP contribution in [0.15, 0.2) is 48.5 Å². The molecule has 4 N–H and O–H groups in total. The molecule has 1 saturated heterocycles. The predicted octanol–water partition coefficient (Wildman–Crippen LogP) is 3.83. The SMILES string of the molecule is COc1ccc(-c2cc(C(N)=O)c3[nH]c4ccc(C(=O)N5CCC(O)CC5)cc4c3c2)cc1F. The van der Waals surface area contributed by atoms with E-state index in [2.05, 4.69) is 4.98 Å². The zero-order chi connectivity index (χ0) is 24.0. The van der Waals surface area contributed by atoms with Crippen molar-refractivity contribution in [3.63, 3.8) is 0 Å².